The Morgan fingerprint density at radius 1 is 1.57 bits per heavy atom. The molecule has 0 bridgehead atoms. The van der Waals surface area contributed by atoms with Crippen molar-refractivity contribution < 1.29 is 9.84 Å². The minimum absolute atomic E-state index is 0.263. The summed E-state index contributed by atoms with van der Waals surface area (Å²) in [5, 5.41) is 13.1. The van der Waals surface area contributed by atoms with E-state index < -0.39 is 0 Å². The number of benzene rings is 1. The van der Waals surface area contributed by atoms with Crippen molar-refractivity contribution >= 4 is 26.7 Å². The van der Waals surface area contributed by atoms with Gasteiger partial charge < -0.3 is 15.2 Å². The highest BCUT2D eigenvalue weighted by Gasteiger charge is 2.03. The predicted octanol–water partition coefficient (Wildman–Crippen LogP) is 2.02. The average molecular weight is 210 g/mol. The molecule has 2 aromatic rings. The van der Waals surface area contributed by atoms with Crippen LogP contribution in [0, 0.1) is 0 Å². The van der Waals surface area contributed by atoms with Crippen molar-refractivity contribution in [3.05, 3.63) is 18.2 Å². The van der Waals surface area contributed by atoms with E-state index >= 15 is 0 Å². The molecule has 0 aliphatic carbocycles. The highest BCUT2D eigenvalue weighted by Crippen LogP contribution is 2.28. The number of methoxy groups -OCH3 is 1. The summed E-state index contributed by atoms with van der Waals surface area (Å²) < 4.78 is 5.83. The highest BCUT2D eigenvalue weighted by atomic mass is 32.1. The van der Waals surface area contributed by atoms with E-state index in [1.807, 2.05) is 0 Å². The number of nitrogens with zero attached hydrogens (tertiary/aromatic N) is 1. The van der Waals surface area contributed by atoms with Crippen LogP contribution in [0.5, 0.6) is 5.75 Å². The predicted molar refractivity (Wildman–Crippen MR) is 56.8 cm³/mol. The Kier molecular flexibility index (Phi) is 2.51. The topological polar surface area (TPSA) is 54.4 Å². The minimum atomic E-state index is 0.263. The smallest absolute Gasteiger partial charge is 0.185 e. The summed E-state index contributed by atoms with van der Waals surface area (Å²) in [7, 11) is 1.62. The number of hydrogen-bond acceptors (Lipinski definition) is 5. The molecule has 0 amide bonds. The summed E-state index contributed by atoms with van der Waals surface area (Å²) in [6.07, 6.45) is 0. The molecular formula is C9H10N2O2S. The Balaban J connectivity index is 2.32. The van der Waals surface area contributed by atoms with Crippen LogP contribution in [-0.4, -0.2) is 23.9 Å². The first-order valence-electron chi connectivity index (χ1n) is 4.12. The molecule has 5 heteroatoms. The maximum Gasteiger partial charge on any atom is 0.185 e. The third kappa shape index (κ3) is 1.78. The SMILES string of the molecule is COCNc1nc2ccc(O)cc2s1. The molecule has 1 aromatic heterocycles. The lowest BCUT2D eigenvalue weighted by Crippen LogP contribution is -2.01. The number of rotatable bonds is 3. The van der Waals surface area contributed by atoms with Crippen LogP contribution in [0.2, 0.25) is 0 Å². The van der Waals surface area contributed by atoms with E-state index in [4.69, 9.17) is 4.74 Å². The molecule has 0 spiro atoms. The zero-order chi connectivity index (χ0) is 9.97. The minimum Gasteiger partial charge on any atom is -0.508 e. The molecule has 74 valence electrons. The van der Waals surface area contributed by atoms with Crippen molar-refractivity contribution in [2.24, 2.45) is 0 Å². The molecule has 0 atom stereocenters. The van der Waals surface area contributed by atoms with Crippen LogP contribution in [0.25, 0.3) is 10.2 Å². The molecule has 0 saturated carbocycles. The lowest BCUT2D eigenvalue weighted by molar-refractivity contribution is 0.221. The molecule has 1 aromatic carbocycles. The standard InChI is InChI=1S/C9H10N2O2S/c1-13-5-10-9-11-7-3-2-6(12)4-8(7)14-9/h2-4,12H,5H2,1H3,(H,10,11). The van der Waals surface area contributed by atoms with E-state index in [0.29, 0.717) is 6.73 Å². The third-order valence-corrected chi connectivity index (χ3v) is 2.72. The Bertz CT molecular complexity index is 441. The normalized spacial score (nSPS) is 10.6. The van der Waals surface area contributed by atoms with Gasteiger partial charge in [0.15, 0.2) is 5.13 Å². The van der Waals surface area contributed by atoms with Crippen molar-refractivity contribution in [1.29, 1.82) is 0 Å². The summed E-state index contributed by atoms with van der Waals surface area (Å²) in [6.45, 7) is 0.436. The van der Waals surface area contributed by atoms with Gasteiger partial charge in [0.2, 0.25) is 0 Å². The molecule has 0 aliphatic rings. The van der Waals surface area contributed by atoms with Crippen LogP contribution in [0.4, 0.5) is 5.13 Å². The molecule has 0 unspecified atom stereocenters. The summed E-state index contributed by atoms with van der Waals surface area (Å²) in [5.41, 5.74) is 0.881. The Hall–Kier alpha value is -1.33. The van der Waals surface area contributed by atoms with Crippen LogP contribution < -0.4 is 5.32 Å². The lowest BCUT2D eigenvalue weighted by atomic mass is 10.3. The first kappa shape index (κ1) is 9.23. The molecule has 1 heterocycles. The summed E-state index contributed by atoms with van der Waals surface area (Å²) in [6, 6.07) is 5.12. The quantitative estimate of drug-likeness (QED) is 0.761. The van der Waals surface area contributed by atoms with Crippen molar-refractivity contribution in [1.82, 2.24) is 4.98 Å². The van der Waals surface area contributed by atoms with E-state index in [-0.39, 0.29) is 5.75 Å². The molecule has 4 nitrogen and oxygen atoms in total. The van der Waals surface area contributed by atoms with Gasteiger partial charge in [-0.3, -0.25) is 0 Å². The van der Waals surface area contributed by atoms with Gasteiger partial charge in [0, 0.05) is 7.11 Å². The second-order valence-electron chi connectivity index (χ2n) is 2.78. The zero-order valence-electron chi connectivity index (χ0n) is 7.65. The average Bonchev–Trinajstić information content (AvgIpc) is 2.56. The van der Waals surface area contributed by atoms with Gasteiger partial charge in [-0.25, -0.2) is 4.98 Å². The van der Waals surface area contributed by atoms with E-state index in [9.17, 15) is 5.11 Å². The molecule has 0 fully saturated rings. The maximum atomic E-state index is 9.25. The van der Waals surface area contributed by atoms with Gasteiger partial charge in [-0.1, -0.05) is 11.3 Å². The molecule has 0 aliphatic heterocycles. The molecule has 2 N–H and O–H groups in total. The number of hydrogen-bond donors (Lipinski definition) is 2. The number of phenolic OH excluding ortho intramolecular Hbond substituents is 1. The largest absolute Gasteiger partial charge is 0.508 e. The fourth-order valence-electron chi connectivity index (χ4n) is 1.12. The van der Waals surface area contributed by atoms with E-state index in [2.05, 4.69) is 10.3 Å². The number of aromatic nitrogens is 1. The first-order chi connectivity index (χ1) is 6.79. The molecule has 14 heavy (non-hydrogen) atoms. The summed E-state index contributed by atoms with van der Waals surface area (Å²) in [5.74, 6) is 0.263. The third-order valence-electron chi connectivity index (χ3n) is 1.74. The second kappa shape index (κ2) is 3.81. The van der Waals surface area contributed by atoms with Gasteiger partial charge in [0.25, 0.3) is 0 Å². The fraction of sp³-hybridized carbons (Fsp3) is 0.222. The number of nitrogens with one attached hydrogen (secondary N) is 1. The molecule has 2 rings (SSSR count). The number of aromatic hydroxyl groups is 1. The van der Waals surface area contributed by atoms with Gasteiger partial charge in [-0.2, -0.15) is 0 Å². The van der Waals surface area contributed by atoms with Crippen molar-refractivity contribution in [2.75, 3.05) is 19.2 Å². The molecule has 0 saturated heterocycles. The van der Waals surface area contributed by atoms with Gasteiger partial charge in [-0.15, -0.1) is 0 Å². The number of fused-ring (bicyclic) bond motifs is 1. The van der Waals surface area contributed by atoms with Crippen LogP contribution in [0.3, 0.4) is 0 Å². The van der Waals surface area contributed by atoms with Crippen LogP contribution in [0.1, 0.15) is 0 Å². The van der Waals surface area contributed by atoms with Gasteiger partial charge >= 0.3 is 0 Å². The van der Waals surface area contributed by atoms with Gasteiger partial charge in [-0.05, 0) is 18.2 Å². The molecular weight excluding hydrogens is 200 g/mol. The first-order valence-corrected chi connectivity index (χ1v) is 4.93. The number of ether oxygens (including phenoxy) is 1. The summed E-state index contributed by atoms with van der Waals surface area (Å²) in [4.78, 5) is 4.31. The summed E-state index contributed by atoms with van der Waals surface area (Å²) >= 11 is 1.49. The van der Waals surface area contributed by atoms with Gasteiger partial charge in [0.1, 0.15) is 12.5 Å². The number of thiazole rings is 1. The Morgan fingerprint density at radius 3 is 3.21 bits per heavy atom. The highest BCUT2D eigenvalue weighted by molar-refractivity contribution is 7.22. The number of phenols is 1. The zero-order valence-corrected chi connectivity index (χ0v) is 8.47. The van der Waals surface area contributed by atoms with Crippen LogP contribution in [0.15, 0.2) is 18.2 Å². The van der Waals surface area contributed by atoms with Gasteiger partial charge in [0.05, 0.1) is 10.2 Å². The number of anilines is 1. The second-order valence-corrected chi connectivity index (χ2v) is 3.81. The van der Waals surface area contributed by atoms with Crippen molar-refractivity contribution in [3.63, 3.8) is 0 Å². The van der Waals surface area contributed by atoms with E-state index in [1.54, 1.807) is 25.3 Å². The molecule has 0 radical (unpaired) electrons. The van der Waals surface area contributed by atoms with E-state index in [0.717, 1.165) is 15.3 Å². The Labute approximate surface area is 85.2 Å². The van der Waals surface area contributed by atoms with Crippen LogP contribution in [-0.2, 0) is 4.74 Å². The van der Waals surface area contributed by atoms with Crippen molar-refractivity contribution in [3.8, 4) is 5.75 Å². The van der Waals surface area contributed by atoms with E-state index in [1.165, 1.54) is 11.3 Å². The Morgan fingerprint density at radius 2 is 2.43 bits per heavy atom. The monoisotopic (exact) mass is 210 g/mol. The van der Waals surface area contributed by atoms with Crippen molar-refractivity contribution in [2.45, 2.75) is 0 Å². The van der Waals surface area contributed by atoms with Crippen LogP contribution >= 0.6 is 11.3 Å². The maximum absolute atomic E-state index is 9.25. The lowest BCUT2D eigenvalue weighted by Gasteiger charge is -1.97. The fourth-order valence-corrected chi connectivity index (χ4v) is 2.00.